The predicted octanol–water partition coefficient (Wildman–Crippen LogP) is 3.24. The Morgan fingerprint density at radius 2 is 2.00 bits per heavy atom. The zero-order valence-corrected chi connectivity index (χ0v) is 19.7. The summed E-state index contributed by atoms with van der Waals surface area (Å²) in [6.07, 6.45) is 0.687. The summed E-state index contributed by atoms with van der Waals surface area (Å²) in [6.45, 7) is 4.17. The van der Waals surface area contributed by atoms with E-state index in [1.165, 1.54) is 17.3 Å². The lowest BCUT2D eigenvalue weighted by Gasteiger charge is -2.27. The van der Waals surface area contributed by atoms with Crippen molar-refractivity contribution in [1.82, 2.24) is 14.9 Å². The average molecular weight is 479 g/mol. The highest BCUT2D eigenvalue weighted by Crippen LogP contribution is 2.20. The van der Waals surface area contributed by atoms with Crippen LogP contribution in [-0.4, -0.2) is 45.6 Å². The number of carbonyl (C=O) groups excluding carboxylic acids is 2. The van der Waals surface area contributed by atoms with Gasteiger partial charge < -0.3 is 15.0 Å². The minimum atomic E-state index is -0.439. The van der Waals surface area contributed by atoms with E-state index < -0.39 is 5.97 Å². The number of hydrogen-bond donors (Lipinski definition) is 2. The molecule has 1 aliphatic heterocycles. The van der Waals surface area contributed by atoms with Crippen molar-refractivity contribution in [2.24, 2.45) is 0 Å². The second-order valence-corrected chi connectivity index (χ2v) is 8.84. The van der Waals surface area contributed by atoms with Gasteiger partial charge in [0.25, 0.3) is 5.56 Å². The van der Waals surface area contributed by atoms with Crippen LogP contribution in [0.2, 0.25) is 0 Å². The lowest BCUT2D eigenvalue weighted by atomic mass is 10.1. The molecule has 3 aromatic rings. The van der Waals surface area contributed by atoms with Gasteiger partial charge in [-0.15, -0.1) is 0 Å². The molecule has 1 aromatic heterocycles. The van der Waals surface area contributed by atoms with E-state index in [2.05, 4.69) is 32.3 Å². The Kier molecular flexibility index (Phi) is 7.76. The maximum Gasteiger partial charge on any atom is 0.338 e. The molecule has 2 aromatic carbocycles. The summed E-state index contributed by atoms with van der Waals surface area (Å²) in [4.78, 5) is 46.6. The largest absolute Gasteiger partial charge is 0.462 e. The van der Waals surface area contributed by atoms with Crippen LogP contribution in [-0.2, 0) is 29.0 Å². The number of carbonyl (C=O) groups is 2. The first-order valence-electron chi connectivity index (χ1n) is 11.1. The summed E-state index contributed by atoms with van der Waals surface area (Å²) in [6, 6.07) is 16.8. The van der Waals surface area contributed by atoms with Crippen LogP contribution in [0.1, 0.15) is 34.1 Å². The summed E-state index contributed by atoms with van der Waals surface area (Å²) < 4.78 is 4.99. The molecule has 0 atom stereocenters. The van der Waals surface area contributed by atoms with Gasteiger partial charge in [-0.3, -0.25) is 14.5 Å². The third kappa shape index (κ3) is 6.12. The molecule has 0 aliphatic carbocycles. The predicted molar refractivity (Wildman–Crippen MR) is 131 cm³/mol. The van der Waals surface area contributed by atoms with E-state index in [-0.39, 0.29) is 23.8 Å². The number of nitrogens with zero attached hydrogens (tertiary/aromatic N) is 2. The van der Waals surface area contributed by atoms with Gasteiger partial charge >= 0.3 is 5.97 Å². The molecule has 0 spiro atoms. The fraction of sp³-hybridized carbons (Fsp3) is 0.280. The molecule has 1 amide bonds. The molecular weight excluding hydrogens is 452 g/mol. The number of rotatable bonds is 8. The molecule has 176 valence electrons. The van der Waals surface area contributed by atoms with Crippen molar-refractivity contribution >= 4 is 29.3 Å². The molecule has 0 fully saturated rings. The van der Waals surface area contributed by atoms with E-state index in [0.29, 0.717) is 34.9 Å². The average Bonchev–Trinajstić information content (AvgIpc) is 2.84. The molecule has 0 radical (unpaired) electrons. The Morgan fingerprint density at radius 1 is 1.18 bits per heavy atom. The molecule has 4 rings (SSSR count). The van der Waals surface area contributed by atoms with E-state index in [0.717, 1.165) is 18.8 Å². The number of nitrogens with one attached hydrogen (secondary N) is 2. The molecule has 2 N–H and O–H groups in total. The van der Waals surface area contributed by atoms with Crippen molar-refractivity contribution in [1.29, 1.82) is 0 Å². The van der Waals surface area contributed by atoms with E-state index in [1.54, 1.807) is 31.2 Å². The number of fused-ring (bicyclic) bond motifs is 1. The quantitative estimate of drug-likeness (QED) is 0.291. The molecule has 9 heteroatoms. The zero-order chi connectivity index (χ0) is 23.9. The molecule has 2 heterocycles. The van der Waals surface area contributed by atoms with E-state index in [1.807, 2.05) is 18.2 Å². The Labute approximate surface area is 201 Å². The van der Waals surface area contributed by atoms with Gasteiger partial charge in [0.05, 0.1) is 29.2 Å². The van der Waals surface area contributed by atoms with E-state index in [4.69, 9.17) is 4.74 Å². The maximum atomic E-state index is 12.7. The van der Waals surface area contributed by atoms with Gasteiger partial charge in [0.15, 0.2) is 5.16 Å². The van der Waals surface area contributed by atoms with Crippen LogP contribution >= 0.6 is 11.8 Å². The Balaban J connectivity index is 1.34. The van der Waals surface area contributed by atoms with Crippen molar-refractivity contribution in [3.63, 3.8) is 0 Å². The molecule has 34 heavy (non-hydrogen) atoms. The van der Waals surface area contributed by atoms with Crippen molar-refractivity contribution in [2.45, 2.75) is 31.6 Å². The number of hydrogen-bond acceptors (Lipinski definition) is 7. The van der Waals surface area contributed by atoms with Gasteiger partial charge in [-0.2, -0.15) is 0 Å². The number of H-pyrrole nitrogens is 1. The normalized spacial score (nSPS) is 13.2. The molecular formula is C25H26N4O4S. The third-order valence-electron chi connectivity index (χ3n) is 5.37. The van der Waals surface area contributed by atoms with Crippen molar-refractivity contribution < 1.29 is 14.3 Å². The second kappa shape index (κ2) is 11.1. The summed E-state index contributed by atoms with van der Waals surface area (Å²) in [7, 11) is 0. The number of aromatic nitrogens is 2. The summed E-state index contributed by atoms with van der Waals surface area (Å²) in [5, 5.41) is 3.19. The van der Waals surface area contributed by atoms with E-state index >= 15 is 0 Å². The number of esters is 1. The van der Waals surface area contributed by atoms with Gasteiger partial charge in [-0.25, -0.2) is 9.78 Å². The van der Waals surface area contributed by atoms with Crippen LogP contribution in [0.25, 0.3) is 0 Å². The van der Waals surface area contributed by atoms with Gasteiger partial charge in [0.2, 0.25) is 5.91 Å². The van der Waals surface area contributed by atoms with Gasteiger partial charge in [-0.05, 0) is 30.7 Å². The van der Waals surface area contributed by atoms with Crippen molar-refractivity contribution in [3.8, 4) is 0 Å². The molecule has 0 unspecified atom stereocenters. The van der Waals surface area contributed by atoms with Crippen molar-refractivity contribution in [3.05, 3.63) is 87.3 Å². The Hall–Kier alpha value is -3.43. The summed E-state index contributed by atoms with van der Waals surface area (Å²) in [5.41, 5.74) is 3.40. The minimum Gasteiger partial charge on any atom is -0.462 e. The van der Waals surface area contributed by atoms with Gasteiger partial charge in [-0.1, -0.05) is 48.2 Å². The summed E-state index contributed by atoms with van der Waals surface area (Å²) in [5.74, 6) is -0.627. The third-order valence-corrected chi connectivity index (χ3v) is 6.25. The van der Waals surface area contributed by atoms with E-state index in [9.17, 15) is 14.4 Å². The number of amides is 1. The SMILES string of the molecule is CCOC(=O)c1cccc(NC(=O)CSc2nc3c(c(=O)[nH]2)CN(Cc2ccccc2)CC3)c1. The number of benzene rings is 2. The smallest absolute Gasteiger partial charge is 0.338 e. The fourth-order valence-electron chi connectivity index (χ4n) is 3.77. The highest BCUT2D eigenvalue weighted by molar-refractivity contribution is 7.99. The monoisotopic (exact) mass is 478 g/mol. The Bertz CT molecular complexity index is 1230. The lowest BCUT2D eigenvalue weighted by molar-refractivity contribution is -0.113. The number of thioether (sulfide) groups is 1. The highest BCUT2D eigenvalue weighted by Gasteiger charge is 2.21. The van der Waals surface area contributed by atoms with Crippen LogP contribution in [0.5, 0.6) is 0 Å². The van der Waals surface area contributed by atoms with Crippen LogP contribution in [0.3, 0.4) is 0 Å². The number of aromatic amines is 1. The standard InChI is InChI=1S/C25H26N4O4S/c1-2-33-24(32)18-9-6-10-19(13-18)26-22(30)16-34-25-27-21-11-12-29(15-20(21)23(31)28-25)14-17-7-4-3-5-8-17/h3-10,13H,2,11-12,14-16H2,1H3,(H,26,30)(H,27,28,31). The first-order valence-corrected chi connectivity index (χ1v) is 12.1. The molecule has 0 saturated heterocycles. The fourth-order valence-corrected chi connectivity index (χ4v) is 4.45. The first kappa shape index (κ1) is 23.7. The van der Waals surface area contributed by atoms with Crippen LogP contribution < -0.4 is 10.9 Å². The summed E-state index contributed by atoms with van der Waals surface area (Å²) >= 11 is 1.17. The van der Waals surface area contributed by atoms with Crippen LogP contribution in [0.4, 0.5) is 5.69 Å². The highest BCUT2D eigenvalue weighted by atomic mass is 32.2. The van der Waals surface area contributed by atoms with Crippen LogP contribution in [0.15, 0.2) is 64.5 Å². The lowest BCUT2D eigenvalue weighted by Crippen LogP contribution is -2.35. The van der Waals surface area contributed by atoms with Gasteiger partial charge in [0, 0.05) is 31.7 Å². The number of anilines is 1. The van der Waals surface area contributed by atoms with Crippen molar-refractivity contribution in [2.75, 3.05) is 24.2 Å². The Morgan fingerprint density at radius 3 is 2.79 bits per heavy atom. The molecule has 0 saturated carbocycles. The topological polar surface area (TPSA) is 104 Å². The maximum absolute atomic E-state index is 12.7. The van der Waals surface area contributed by atoms with Crippen LogP contribution in [0, 0.1) is 0 Å². The molecule has 0 bridgehead atoms. The zero-order valence-electron chi connectivity index (χ0n) is 18.9. The van der Waals surface area contributed by atoms with Gasteiger partial charge in [0.1, 0.15) is 0 Å². The first-order chi connectivity index (χ1) is 16.5. The molecule has 1 aliphatic rings. The second-order valence-electron chi connectivity index (χ2n) is 7.88. The minimum absolute atomic E-state index is 0.0749. The number of ether oxygens (including phenoxy) is 1. The molecule has 8 nitrogen and oxygen atoms in total.